The van der Waals surface area contributed by atoms with E-state index in [0.717, 1.165) is 141 Å². The smallest absolute Gasteiger partial charge is 0.306 e. The number of allylic oxidation sites excluding steroid dienone is 30. The Morgan fingerprint density at radius 2 is 0.519 bits per heavy atom. The molecule has 0 aromatic rings. The molecule has 10 heteroatoms. The number of phosphoric acid groups is 1. The molecule has 9 nitrogen and oxygen atoms in total. The van der Waals surface area contributed by atoms with Crippen LogP contribution < -0.4 is 4.89 Å². The Labute approximate surface area is 641 Å². The predicted molar refractivity (Wildman–Crippen MR) is 452 cm³/mol. The fourth-order valence-electron chi connectivity index (χ4n) is 11.5. The van der Waals surface area contributed by atoms with Gasteiger partial charge in [-0.2, -0.15) is 0 Å². The number of phosphoric ester groups is 1. The second kappa shape index (κ2) is 82.2. The first-order valence-electron chi connectivity index (χ1n) is 42.5. The van der Waals surface area contributed by atoms with Gasteiger partial charge in [-0.25, -0.2) is 0 Å². The lowest BCUT2D eigenvalue weighted by Crippen LogP contribution is -2.37. The Morgan fingerprint density at radius 1 is 0.298 bits per heavy atom. The lowest BCUT2D eigenvalue weighted by atomic mass is 10.0. The number of carbonyl (C=O) groups excluding carboxylic acids is 2. The molecule has 2 atom stereocenters. The second-order valence-electron chi connectivity index (χ2n) is 29.1. The summed E-state index contributed by atoms with van der Waals surface area (Å²) in [6.45, 7) is 4.02. The van der Waals surface area contributed by atoms with Crippen LogP contribution >= 0.6 is 7.82 Å². The largest absolute Gasteiger partial charge is 0.756 e. The summed E-state index contributed by atoms with van der Waals surface area (Å²) >= 11 is 0. The first kappa shape index (κ1) is 99.1. The van der Waals surface area contributed by atoms with E-state index in [1.54, 1.807) is 0 Å². The van der Waals surface area contributed by atoms with Gasteiger partial charge in [0.1, 0.15) is 19.8 Å². The number of esters is 2. The third-order valence-electron chi connectivity index (χ3n) is 17.9. The molecule has 0 aliphatic rings. The molecule has 0 aliphatic heterocycles. The molecule has 0 fully saturated rings. The van der Waals surface area contributed by atoms with Crippen molar-refractivity contribution in [3.8, 4) is 0 Å². The first-order chi connectivity index (χ1) is 51.0. The van der Waals surface area contributed by atoms with Crippen molar-refractivity contribution in [1.29, 1.82) is 0 Å². The average molecular weight is 1460 g/mol. The topological polar surface area (TPSA) is 111 Å². The molecule has 0 saturated heterocycles. The number of quaternary nitrogens is 1. The zero-order valence-electron chi connectivity index (χ0n) is 67.7. The zero-order valence-corrected chi connectivity index (χ0v) is 68.6. The Balaban J connectivity index is 3.99. The number of ether oxygens (including phenoxy) is 2. The minimum atomic E-state index is -4.66. The number of nitrogens with zero attached hydrogens (tertiary/aromatic N) is 1. The molecular weight excluding hydrogens is 1300 g/mol. The van der Waals surface area contributed by atoms with Gasteiger partial charge in [0.15, 0.2) is 6.10 Å². The molecule has 592 valence electrons. The van der Waals surface area contributed by atoms with Gasteiger partial charge < -0.3 is 27.9 Å². The van der Waals surface area contributed by atoms with Gasteiger partial charge >= 0.3 is 11.9 Å². The third-order valence-corrected chi connectivity index (χ3v) is 18.9. The molecular formula is C94H158NO8P. The van der Waals surface area contributed by atoms with Crippen molar-refractivity contribution in [2.45, 2.75) is 354 Å². The number of hydrogen-bond acceptors (Lipinski definition) is 8. The molecule has 0 rings (SSSR count). The summed E-state index contributed by atoms with van der Waals surface area (Å²) in [7, 11) is 1.15. The number of likely N-dealkylation sites (N-methyl/N-ethyl adjacent to an activating group) is 1. The van der Waals surface area contributed by atoms with Gasteiger partial charge in [-0.15, -0.1) is 0 Å². The van der Waals surface area contributed by atoms with Crippen molar-refractivity contribution in [2.75, 3.05) is 47.5 Å². The molecule has 0 heterocycles. The molecule has 0 saturated carbocycles. The molecule has 0 aromatic carbocycles. The van der Waals surface area contributed by atoms with Crippen molar-refractivity contribution >= 4 is 19.8 Å². The Hall–Kier alpha value is -4.89. The SMILES string of the molecule is CC/C=C\C/C=C\C/C=C\C/C=C\C/C=C\C/C=C\C/C=C\C/C=C\C/C=C\C/C=C\CCCCCCCCCCC(=O)OC(COC(=O)CCCCCCCCCCCCCCCCCCCCCCCCCCC/C=C\C/C=C\C/C=C\C/C=C\C/C=C\CC)COP(=O)([O-])OCC[N+](C)(C)C. The maximum atomic E-state index is 12.9. The van der Waals surface area contributed by atoms with Crippen molar-refractivity contribution < 1.29 is 42.1 Å². The van der Waals surface area contributed by atoms with Gasteiger partial charge in [-0.1, -0.05) is 382 Å². The lowest BCUT2D eigenvalue weighted by molar-refractivity contribution is -0.870. The first-order valence-corrected chi connectivity index (χ1v) is 44.0. The second-order valence-corrected chi connectivity index (χ2v) is 30.5. The molecule has 0 aliphatic carbocycles. The molecule has 0 bridgehead atoms. The number of unbranched alkanes of at least 4 members (excludes halogenated alkanes) is 33. The van der Waals surface area contributed by atoms with E-state index in [0.29, 0.717) is 17.4 Å². The minimum absolute atomic E-state index is 0.0388. The van der Waals surface area contributed by atoms with Crippen LogP contribution in [0.5, 0.6) is 0 Å². The maximum Gasteiger partial charge on any atom is 0.306 e. The standard InChI is InChI=1S/C94H158NO8P/c1-6-8-10-12-14-16-18-20-22-24-26-28-30-32-34-36-38-40-42-44-46-47-49-50-52-54-56-58-60-62-64-66-68-70-72-74-76-78-80-82-84-86-93(96)100-90-92(91-102-104(98,99)101-89-88-95(3,4)5)103-94(97)87-85-83-81-79-77-75-73-71-69-67-65-63-61-59-57-55-53-51-48-45-43-41-39-37-35-33-31-29-27-25-23-21-19-17-15-13-11-9-7-2/h8-11,14-17,20-23,26-29,32-35,39,41,45,48,53,55,59,61,65,67,92H,6-7,12-13,18-19,24-25,30-31,36-38,40,42-44,46-47,49-52,54,56-58,60,62-64,66,68-91H2,1-5H3/b10-8-,11-9-,16-14-,17-15-,22-20-,23-21-,28-26-,29-27-,34-32-,35-33-,41-39-,48-45-,55-53-,61-59-,67-65-. The van der Waals surface area contributed by atoms with Crippen LogP contribution in [-0.4, -0.2) is 70.0 Å². The highest BCUT2D eigenvalue weighted by Gasteiger charge is 2.22. The number of hydrogen-bond donors (Lipinski definition) is 0. The van der Waals surface area contributed by atoms with Crippen LogP contribution in [0.4, 0.5) is 0 Å². The molecule has 2 unspecified atom stereocenters. The van der Waals surface area contributed by atoms with Gasteiger partial charge in [-0.05, 0) is 135 Å². The summed E-state index contributed by atoms with van der Waals surface area (Å²) in [4.78, 5) is 38.2. The number of carbonyl (C=O) groups is 2. The van der Waals surface area contributed by atoms with E-state index in [4.69, 9.17) is 18.5 Å². The van der Waals surface area contributed by atoms with Crippen LogP contribution in [-0.2, 0) is 32.7 Å². The van der Waals surface area contributed by atoms with Gasteiger partial charge in [0.05, 0.1) is 27.7 Å². The highest BCUT2D eigenvalue weighted by atomic mass is 31.2. The van der Waals surface area contributed by atoms with Crippen molar-refractivity contribution in [2.24, 2.45) is 0 Å². The Kier molecular flexibility index (Phi) is 78.3. The van der Waals surface area contributed by atoms with Gasteiger partial charge in [0.2, 0.25) is 0 Å². The van der Waals surface area contributed by atoms with E-state index >= 15 is 0 Å². The van der Waals surface area contributed by atoms with E-state index in [9.17, 15) is 19.0 Å². The van der Waals surface area contributed by atoms with Gasteiger partial charge in [-0.3, -0.25) is 14.2 Å². The highest BCUT2D eigenvalue weighted by molar-refractivity contribution is 7.45. The van der Waals surface area contributed by atoms with Crippen LogP contribution in [0.3, 0.4) is 0 Å². The summed E-state index contributed by atoms with van der Waals surface area (Å²) in [6.07, 6.45) is 126. The fraction of sp³-hybridized carbons (Fsp3) is 0.660. The maximum absolute atomic E-state index is 12.9. The van der Waals surface area contributed by atoms with Crippen LogP contribution in [0.15, 0.2) is 182 Å². The molecule has 0 N–H and O–H groups in total. The summed E-state index contributed by atoms with van der Waals surface area (Å²) in [6, 6.07) is 0. The van der Waals surface area contributed by atoms with E-state index in [2.05, 4.69) is 196 Å². The van der Waals surface area contributed by atoms with Crippen molar-refractivity contribution in [1.82, 2.24) is 0 Å². The Morgan fingerprint density at radius 3 is 0.769 bits per heavy atom. The zero-order chi connectivity index (χ0) is 75.4. The third kappa shape index (κ3) is 86.0. The summed E-state index contributed by atoms with van der Waals surface area (Å²) in [5, 5.41) is 0. The molecule has 0 radical (unpaired) electrons. The molecule has 0 spiro atoms. The number of rotatable bonds is 77. The lowest BCUT2D eigenvalue weighted by Gasteiger charge is -2.28. The van der Waals surface area contributed by atoms with Gasteiger partial charge in [0, 0.05) is 12.8 Å². The van der Waals surface area contributed by atoms with Crippen LogP contribution in [0, 0.1) is 0 Å². The molecule has 0 aromatic heterocycles. The highest BCUT2D eigenvalue weighted by Crippen LogP contribution is 2.38. The quantitative estimate of drug-likeness (QED) is 0.0195. The summed E-state index contributed by atoms with van der Waals surface area (Å²) in [5.74, 6) is -0.840. The van der Waals surface area contributed by atoms with Crippen LogP contribution in [0.2, 0.25) is 0 Å². The monoisotopic (exact) mass is 1460 g/mol. The molecule has 0 amide bonds. The summed E-state index contributed by atoms with van der Waals surface area (Å²) < 4.78 is 34.4. The minimum Gasteiger partial charge on any atom is -0.756 e. The van der Waals surface area contributed by atoms with E-state index in [1.807, 2.05) is 21.1 Å². The summed E-state index contributed by atoms with van der Waals surface area (Å²) in [5.41, 5.74) is 0. The Bertz CT molecular complexity index is 2420. The van der Waals surface area contributed by atoms with E-state index < -0.39 is 26.5 Å². The van der Waals surface area contributed by atoms with Crippen molar-refractivity contribution in [3.05, 3.63) is 182 Å². The predicted octanol–water partition coefficient (Wildman–Crippen LogP) is 28.3. The van der Waals surface area contributed by atoms with E-state index in [1.165, 1.54) is 173 Å². The molecule has 104 heavy (non-hydrogen) atoms. The average Bonchev–Trinajstić information content (AvgIpc) is 0.915. The van der Waals surface area contributed by atoms with Crippen molar-refractivity contribution in [3.63, 3.8) is 0 Å². The van der Waals surface area contributed by atoms with Crippen LogP contribution in [0.25, 0.3) is 0 Å². The van der Waals surface area contributed by atoms with Crippen LogP contribution in [0.1, 0.15) is 348 Å². The normalized spacial score (nSPS) is 13.9. The van der Waals surface area contributed by atoms with E-state index in [-0.39, 0.29) is 32.0 Å². The van der Waals surface area contributed by atoms with Gasteiger partial charge in [0.25, 0.3) is 7.82 Å². The fourth-order valence-corrected chi connectivity index (χ4v) is 12.3.